The van der Waals surface area contributed by atoms with Gasteiger partial charge in [0, 0.05) is 6.54 Å². The Labute approximate surface area is 108 Å². The molecular weight excluding hydrogens is 232 g/mol. The van der Waals surface area contributed by atoms with Gasteiger partial charge >= 0.3 is 12.0 Å². The number of amides is 2. The molecule has 1 rings (SSSR count). The SMILES string of the molecule is CCCCC(NC(=O)NCC1(CC)CC1)C(=O)O. The third kappa shape index (κ3) is 4.55. The Balaban J connectivity index is 2.29. The fraction of sp³-hybridized carbons (Fsp3) is 0.846. The number of hydrogen-bond acceptors (Lipinski definition) is 2. The van der Waals surface area contributed by atoms with Crippen LogP contribution in [0.15, 0.2) is 0 Å². The number of unbranched alkanes of at least 4 members (excludes halogenated alkanes) is 1. The third-order valence-corrected chi connectivity index (χ3v) is 3.78. The number of aliphatic carboxylic acids is 1. The van der Waals surface area contributed by atoms with Crippen LogP contribution in [-0.2, 0) is 4.79 Å². The highest BCUT2D eigenvalue weighted by molar-refractivity contribution is 5.82. The quantitative estimate of drug-likeness (QED) is 0.622. The largest absolute Gasteiger partial charge is 0.480 e. The van der Waals surface area contributed by atoms with Gasteiger partial charge in [-0.05, 0) is 31.1 Å². The minimum Gasteiger partial charge on any atom is -0.480 e. The maximum Gasteiger partial charge on any atom is 0.326 e. The molecule has 1 saturated carbocycles. The van der Waals surface area contributed by atoms with Gasteiger partial charge in [-0.25, -0.2) is 9.59 Å². The first-order chi connectivity index (χ1) is 8.53. The summed E-state index contributed by atoms with van der Waals surface area (Å²) in [5.74, 6) is -0.963. The van der Waals surface area contributed by atoms with E-state index in [0.29, 0.717) is 13.0 Å². The van der Waals surface area contributed by atoms with E-state index >= 15 is 0 Å². The molecule has 0 aromatic heterocycles. The predicted molar refractivity (Wildman–Crippen MR) is 69.4 cm³/mol. The number of carbonyl (C=O) groups is 2. The highest BCUT2D eigenvalue weighted by Crippen LogP contribution is 2.47. The van der Waals surface area contributed by atoms with Crippen molar-refractivity contribution in [2.24, 2.45) is 5.41 Å². The average molecular weight is 256 g/mol. The normalized spacial score (nSPS) is 17.9. The van der Waals surface area contributed by atoms with Gasteiger partial charge in [0.25, 0.3) is 0 Å². The molecular formula is C13H24N2O3. The first-order valence-electron chi connectivity index (χ1n) is 6.80. The number of rotatable bonds is 8. The number of urea groups is 1. The van der Waals surface area contributed by atoms with Crippen LogP contribution in [0.2, 0.25) is 0 Å². The summed E-state index contributed by atoms with van der Waals surface area (Å²) in [6.07, 6.45) is 5.58. The number of hydrogen-bond donors (Lipinski definition) is 3. The van der Waals surface area contributed by atoms with Crippen LogP contribution in [0.4, 0.5) is 4.79 Å². The average Bonchev–Trinajstić information content (AvgIpc) is 3.12. The van der Waals surface area contributed by atoms with E-state index in [1.165, 1.54) is 0 Å². The van der Waals surface area contributed by atoms with Crippen molar-refractivity contribution in [2.75, 3.05) is 6.54 Å². The van der Waals surface area contributed by atoms with E-state index in [1.807, 2.05) is 6.92 Å². The smallest absolute Gasteiger partial charge is 0.326 e. The van der Waals surface area contributed by atoms with Gasteiger partial charge in [-0.15, -0.1) is 0 Å². The number of carboxylic acids is 1. The summed E-state index contributed by atoms with van der Waals surface area (Å²) < 4.78 is 0. The van der Waals surface area contributed by atoms with Crippen LogP contribution in [0, 0.1) is 5.41 Å². The number of nitrogens with one attached hydrogen (secondary N) is 2. The zero-order valence-electron chi connectivity index (χ0n) is 11.3. The van der Waals surface area contributed by atoms with Crippen molar-refractivity contribution in [2.45, 2.75) is 58.4 Å². The summed E-state index contributed by atoms with van der Waals surface area (Å²) in [6, 6.07) is -1.14. The van der Waals surface area contributed by atoms with Crippen molar-refractivity contribution in [3.8, 4) is 0 Å². The monoisotopic (exact) mass is 256 g/mol. The molecule has 1 aliphatic rings. The molecule has 104 valence electrons. The summed E-state index contributed by atoms with van der Waals surface area (Å²) in [5.41, 5.74) is 0.277. The highest BCUT2D eigenvalue weighted by atomic mass is 16.4. The number of carbonyl (C=O) groups excluding carboxylic acids is 1. The number of carboxylic acid groups (broad SMARTS) is 1. The van der Waals surface area contributed by atoms with Gasteiger partial charge in [-0.2, -0.15) is 0 Å². The Hall–Kier alpha value is -1.26. The minimum atomic E-state index is -0.963. The third-order valence-electron chi connectivity index (χ3n) is 3.78. The molecule has 0 heterocycles. The summed E-state index contributed by atoms with van der Waals surface area (Å²) in [5, 5.41) is 14.3. The topological polar surface area (TPSA) is 78.4 Å². The van der Waals surface area contributed by atoms with Crippen molar-refractivity contribution < 1.29 is 14.7 Å². The second-order valence-electron chi connectivity index (χ2n) is 5.21. The zero-order valence-corrected chi connectivity index (χ0v) is 11.3. The molecule has 0 aliphatic heterocycles. The van der Waals surface area contributed by atoms with E-state index in [2.05, 4.69) is 17.6 Å². The molecule has 2 amide bonds. The van der Waals surface area contributed by atoms with Gasteiger partial charge in [0.05, 0.1) is 0 Å². The van der Waals surface area contributed by atoms with Crippen molar-refractivity contribution >= 4 is 12.0 Å². The minimum absolute atomic E-state index is 0.277. The van der Waals surface area contributed by atoms with E-state index in [9.17, 15) is 9.59 Å². The molecule has 0 saturated heterocycles. The first-order valence-corrected chi connectivity index (χ1v) is 6.80. The Kier molecular flexibility index (Phi) is 5.44. The van der Waals surface area contributed by atoms with Gasteiger partial charge in [0.15, 0.2) is 0 Å². The van der Waals surface area contributed by atoms with E-state index in [1.54, 1.807) is 0 Å². The molecule has 3 N–H and O–H groups in total. The lowest BCUT2D eigenvalue weighted by molar-refractivity contribution is -0.139. The summed E-state index contributed by atoms with van der Waals surface area (Å²) in [7, 11) is 0. The van der Waals surface area contributed by atoms with E-state index in [-0.39, 0.29) is 11.4 Å². The molecule has 0 aromatic rings. The van der Waals surface area contributed by atoms with Crippen LogP contribution >= 0.6 is 0 Å². The Morgan fingerprint density at radius 2 is 2.00 bits per heavy atom. The van der Waals surface area contributed by atoms with Crippen LogP contribution in [0.3, 0.4) is 0 Å². The van der Waals surface area contributed by atoms with E-state index < -0.39 is 12.0 Å². The predicted octanol–water partition coefficient (Wildman–Crippen LogP) is 2.12. The Morgan fingerprint density at radius 1 is 1.33 bits per heavy atom. The van der Waals surface area contributed by atoms with Gasteiger partial charge in [-0.1, -0.05) is 26.7 Å². The zero-order chi connectivity index (χ0) is 13.6. The molecule has 0 radical (unpaired) electrons. The summed E-state index contributed by atoms with van der Waals surface area (Å²) in [6.45, 7) is 4.76. The Morgan fingerprint density at radius 3 is 2.44 bits per heavy atom. The maximum atomic E-state index is 11.6. The van der Waals surface area contributed by atoms with Crippen molar-refractivity contribution in [3.05, 3.63) is 0 Å². The van der Waals surface area contributed by atoms with Gasteiger partial charge in [-0.3, -0.25) is 0 Å². The summed E-state index contributed by atoms with van der Waals surface area (Å²) >= 11 is 0. The van der Waals surface area contributed by atoms with Crippen molar-refractivity contribution in [3.63, 3.8) is 0 Å². The second-order valence-corrected chi connectivity index (χ2v) is 5.21. The van der Waals surface area contributed by atoms with Crippen LogP contribution in [0.1, 0.15) is 52.4 Å². The molecule has 5 heteroatoms. The molecule has 1 fully saturated rings. The molecule has 0 aromatic carbocycles. The molecule has 0 spiro atoms. The first kappa shape index (κ1) is 14.8. The van der Waals surface area contributed by atoms with Gasteiger partial charge < -0.3 is 15.7 Å². The van der Waals surface area contributed by atoms with Crippen LogP contribution < -0.4 is 10.6 Å². The van der Waals surface area contributed by atoms with Crippen LogP contribution in [0.5, 0.6) is 0 Å². The molecule has 1 unspecified atom stereocenters. The van der Waals surface area contributed by atoms with Crippen LogP contribution in [0.25, 0.3) is 0 Å². The van der Waals surface area contributed by atoms with E-state index in [4.69, 9.17) is 5.11 Å². The Bertz CT molecular complexity index is 301. The lowest BCUT2D eigenvalue weighted by Crippen LogP contribution is -2.47. The standard InChI is InChI=1S/C13H24N2O3/c1-3-5-6-10(11(16)17)15-12(18)14-9-13(4-2)7-8-13/h10H,3-9H2,1-2H3,(H,16,17)(H2,14,15,18). The molecule has 5 nitrogen and oxygen atoms in total. The molecule has 0 bridgehead atoms. The molecule has 18 heavy (non-hydrogen) atoms. The lowest BCUT2D eigenvalue weighted by Gasteiger charge is -2.17. The highest BCUT2D eigenvalue weighted by Gasteiger charge is 2.40. The van der Waals surface area contributed by atoms with Gasteiger partial charge in [0.2, 0.25) is 0 Å². The van der Waals surface area contributed by atoms with E-state index in [0.717, 1.165) is 32.1 Å². The van der Waals surface area contributed by atoms with Crippen molar-refractivity contribution in [1.82, 2.24) is 10.6 Å². The molecule has 1 aliphatic carbocycles. The van der Waals surface area contributed by atoms with Crippen LogP contribution in [-0.4, -0.2) is 29.7 Å². The fourth-order valence-corrected chi connectivity index (χ4v) is 1.97. The maximum absolute atomic E-state index is 11.6. The van der Waals surface area contributed by atoms with Gasteiger partial charge in [0.1, 0.15) is 6.04 Å². The fourth-order valence-electron chi connectivity index (χ4n) is 1.97. The lowest BCUT2D eigenvalue weighted by atomic mass is 10.0. The summed E-state index contributed by atoms with van der Waals surface area (Å²) in [4.78, 5) is 22.6. The second kappa shape index (κ2) is 6.61. The van der Waals surface area contributed by atoms with Crippen molar-refractivity contribution in [1.29, 1.82) is 0 Å². The molecule has 1 atom stereocenters.